The summed E-state index contributed by atoms with van der Waals surface area (Å²) in [5.74, 6) is -0.751. The maximum Gasteiger partial charge on any atom is 0.271 e. The van der Waals surface area contributed by atoms with Crippen molar-refractivity contribution in [1.29, 1.82) is 0 Å². The second-order valence-electron chi connectivity index (χ2n) is 4.19. The van der Waals surface area contributed by atoms with Crippen molar-refractivity contribution in [2.45, 2.75) is 13.0 Å². The number of halogens is 1. The summed E-state index contributed by atoms with van der Waals surface area (Å²) in [4.78, 5) is 11.5. The van der Waals surface area contributed by atoms with Gasteiger partial charge in [0.2, 0.25) is 0 Å². The minimum Gasteiger partial charge on any atom is -0.354 e. The minimum absolute atomic E-state index is 0.223. The van der Waals surface area contributed by atoms with Crippen molar-refractivity contribution in [3.05, 3.63) is 47.5 Å². The van der Waals surface area contributed by atoms with Crippen molar-refractivity contribution in [3.63, 3.8) is 0 Å². The zero-order chi connectivity index (χ0) is 14.0. The largest absolute Gasteiger partial charge is 0.354 e. The van der Waals surface area contributed by atoms with Gasteiger partial charge in [0.25, 0.3) is 5.91 Å². The van der Waals surface area contributed by atoms with E-state index in [1.165, 1.54) is 30.1 Å². The molecule has 2 aromatic rings. The Balaban J connectivity index is 2.53. The molecule has 0 bridgehead atoms. The van der Waals surface area contributed by atoms with E-state index in [-0.39, 0.29) is 23.3 Å². The molecule has 0 aliphatic heterocycles. The number of hydrogen-bond donors (Lipinski definition) is 2. The third-order valence-electron chi connectivity index (χ3n) is 2.79. The van der Waals surface area contributed by atoms with Crippen LogP contribution in [0.1, 0.15) is 29.0 Å². The number of benzene rings is 1. The number of nitrogens with one attached hydrogen (secondary N) is 1. The van der Waals surface area contributed by atoms with Crippen LogP contribution in [0.4, 0.5) is 4.39 Å². The quantitative estimate of drug-likeness (QED) is 0.878. The predicted octanol–water partition coefficient (Wildman–Crippen LogP) is 1.39. The van der Waals surface area contributed by atoms with Crippen LogP contribution >= 0.6 is 0 Å². The Hall–Kier alpha value is -2.21. The molecule has 1 aromatic heterocycles. The van der Waals surface area contributed by atoms with Gasteiger partial charge >= 0.3 is 0 Å². The fraction of sp³-hybridized carbons (Fsp3) is 0.231. The molecule has 6 heteroatoms. The number of aromatic nitrogens is 2. The summed E-state index contributed by atoms with van der Waals surface area (Å²) in [6.07, 6.45) is 1.54. The molecular weight excluding hydrogens is 247 g/mol. The van der Waals surface area contributed by atoms with Crippen molar-refractivity contribution in [2.75, 3.05) is 7.05 Å². The van der Waals surface area contributed by atoms with Gasteiger partial charge in [-0.2, -0.15) is 5.10 Å². The Morgan fingerprint density at radius 3 is 2.84 bits per heavy atom. The maximum absolute atomic E-state index is 14.0. The van der Waals surface area contributed by atoms with Gasteiger partial charge in [0.15, 0.2) is 5.69 Å². The Morgan fingerprint density at radius 1 is 1.47 bits per heavy atom. The summed E-state index contributed by atoms with van der Waals surface area (Å²) in [6.45, 7) is 1.77. The minimum atomic E-state index is -0.429. The zero-order valence-corrected chi connectivity index (χ0v) is 10.7. The normalized spacial score (nSPS) is 12.2. The molecule has 0 spiro atoms. The number of carbonyl (C=O) groups is 1. The van der Waals surface area contributed by atoms with Crippen LogP contribution < -0.4 is 11.1 Å². The van der Waals surface area contributed by atoms with Gasteiger partial charge in [-0.05, 0) is 24.6 Å². The molecule has 1 heterocycles. The topological polar surface area (TPSA) is 72.9 Å². The Morgan fingerprint density at radius 2 is 2.21 bits per heavy atom. The van der Waals surface area contributed by atoms with E-state index in [1.807, 2.05) is 0 Å². The second-order valence-corrected chi connectivity index (χ2v) is 4.19. The Labute approximate surface area is 110 Å². The Bertz CT molecular complexity index is 606. The summed E-state index contributed by atoms with van der Waals surface area (Å²) in [5, 5.41) is 6.53. The highest BCUT2D eigenvalue weighted by molar-refractivity contribution is 5.91. The summed E-state index contributed by atoms with van der Waals surface area (Å²) in [7, 11) is 1.51. The molecule has 0 aliphatic carbocycles. The maximum atomic E-state index is 14.0. The number of rotatable bonds is 3. The van der Waals surface area contributed by atoms with Gasteiger partial charge in [0, 0.05) is 19.3 Å². The number of nitrogens with two attached hydrogens (primary N) is 1. The molecule has 2 rings (SSSR count). The molecule has 0 unspecified atom stereocenters. The average Bonchev–Trinajstić information content (AvgIpc) is 2.86. The van der Waals surface area contributed by atoms with Crippen LogP contribution in [0.5, 0.6) is 0 Å². The summed E-state index contributed by atoms with van der Waals surface area (Å²) < 4.78 is 15.3. The van der Waals surface area contributed by atoms with Crippen molar-refractivity contribution in [3.8, 4) is 5.69 Å². The first kappa shape index (κ1) is 13.2. The van der Waals surface area contributed by atoms with E-state index in [2.05, 4.69) is 10.4 Å². The number of nitrogens with zero attached hydrogens (tertiary/aromatic N) is 2. The monoisotopic (exact) mass is 262 g/mol. The second kappa shape index (κ2) is 5.19. The van der Waals surface area contributed by atoms with Crippen LogP contribution in [-0.4, -0.2) is 22.7 Å². The van der Waals surface area contributed by atoms with E-state index >= 15 is 0 Å². The number of hydrogen-bond acceptors (Lipinski definition) is 3. The van der Waals surface area contributed by atoms with Gasteiger partial charge in [0.1, 0.15) is 11.5 Å². The molecule has 1 amide bonds. The first-order valence-corrected chi connectivity index (χ1v) is 5.86. The molecular formula is C13H15FN4O. The number of amides is 1. The van der Waals surface area contributed by atoms with Crippen LogP contribution in [-0.2, 0) is 0 Å². The first-order valence-electron chi connectivity index (χ1n) is 5.86. The highest BCUT2D eigenvalue weighted by Crippen LogP contribution is 2.22. The SMILES string of the molecule is CNC(=O)c1ccn(-c2c(F)cccc2[C@H](C)N)n1. The van der Waals surface area contributed by atoms with Gasteiger partial charge in [-0.25, -0.2) is 9.07 Å². The Kier molecular flexibility index (Phi) is 3.62. The molecule has 1 aromatic carbocycles. The highest BCUT2D eigenvalue weighted by Gasteiger charge is 2.16. The highest BCUT2D eigenvalue weighted by atomic mass is 19.1. The van der Waals surface area contributed by atoms with E-state index < -0.39 is 5.82 Å². The van der Waals surface area contributed by atoms with Crippen LogP contribution in [0, 0.1) is 5.82 Å². The smallest absolute Gasteiger partial charge is 0.271 e. The van der Waals surface area contributed by atoms with Crippen LogP contribution in [0.25, 0.3) is 5.69 Å². The fourth-order valence-electron chi connectivity index (χ4n) is 1.84. The average molecular weight is 262 g/mol. The number of para-hydroxylation sites is 1. The molecule has 100 valence electrons. The van der Waals surface area contributed by atoms with Crippen molar-refractivity contribution >= 4 is 5.91 Å². The lowest BCUT2D eigenvalue weighted by molar-refractivity contribution is 0.0957. The fourth-order valence-corrected chi connectivity index (χ4v) is 1.84. The summed E-state index contributed by atoms with van der Waals surface area (Å²) >= 11 is 0. The van der Waals surface area contributed by atoms with Crippen LogP contribution in [0.3, 0.4) is 0 Å². The van der Waals surface area contributed by atoms with Gasteiger partial charge in [-0.1, -0.05) is 12.1 Å². The molecule has 1 atom stereocenters. The lowest BCUT2D eigenvalue weighted by atomic mass is 10.1. The predicted molar refractivity (Wildman–Crippen MR) is 69.5 cm³/mol. The molecule has 0 radical (unpaired) electrons. The summed E-state index contributed by atoms with van der Waals surface area (Å²) in [5.41, 5.74) is 6.95. The third kappa shape index (κ3) is 2.48. The molecule has 19 heavy (non-hydrogen) atoms. The van der Waals surface area contributed by atoms with Gasteiger partial charge in [-0.15, -0.1) is 0 Å². The van der Waals surface area contributed by atoms with E-state index in [9.17, 15) is 9.18 Å². The molecule has 0 saturated heterocycles. The lowest BCUT2D eigenvalue weighted by Gasteiger charge is -2.13. The van der Waals surface area contributed by atoms with E-state index in [0.717, 1.165) is 0 Å². The van der Waals surface area contributed by atoms with Crippen LogP contribution in [0.2, 0.25) is 0 Å². The van der Waals surface area contributed by atoms with Gasteiger partial charge < -0.3 is 11.1 Å². The molecule has 0 aliphatic rings. The molecule has 0 fully saturated rings. The molecule has 5 nitrogen and oxygen atoms in total. The van der Waals surface area contributed by atoms with Crippen molar-refractivity contribution in [1.82, 2.24) is 15.1 Å². The van der Waals surface area contributed by atoms with E-state index in [0.29, 0.717) is 5.56 Å². The molecule has 0 saturated carbocycles. The zero-order valence-electron chi connectivity index (χ0n) is 10.7. The van der Waals surface area contributed by atoms with Gasteiger partial charge in [0.05, 0.1) is 0 Å². The van der Waals surface area contributed by atoms with Crippen molar-refractivity contribution in [2.24, 2.45) is 5.73 Å². The van der Waals surface area contributed by atoms with Crippen LogP contribution in [0.15, 0.2) is 30.5 Å². The van der Waals surface area contributed by atoms with E-state index in [4.69, 9.17) is 5.73 Å². The summed E-state index contributed by atoms with van der Waals surface area (Å²) in [6, 6.07) is 5.86. The molecule has 3 N–H and O–H groups in total. The van der Waals surface area contributed by atoms with Gasteiger partial charge in [-0.3, -0.25) is 4.79 Å². The van der Waals surface area contributed by atoms with Crippen molar-refractivity contribution < 1.29 is 9.18 Å². The first-order chi connectivity index (χ1) is 9.04. The number of carbonyl (C=O) groups excluding carboxylic acids is 1. The lowest BCUT2D eigenvalue weighted by Crippen LogP contribution is -2.19. The van der Waals surface area contributed by atoms with E-state index in [1.54, 1.807) is 19.1 Å². The standard InChI is InChI=1S/C13H15FN4O/c1-8(15)9-4-3-5-10(14)12(9)18-7-6-11(17-18)13(19)16-2/h3-8H,15H2,1-2H3,(H,16,19)/t8-/m0/s1. The third-order valence-corrected chi connectivity index (χ3v) is 2.79.